The van der Waals surface area contributed by atoms with Crippen molar-refractivity contribution < 1.29 is 13.6 Å². The van der Waals surface area contributed by atoms with Gasteiger partial charge >= 0.3 is 6.03 Å². The molecular weight excluding hydrogens is 276 g/mol. The van der Waals surface area contributed by atoms with Crippen LogP contribution in [0, 0.1) is 11.6 Å². The summed E-state index contributed by atoms with van der Waals surface area (Å²) in [5.74, 6) is -1.42. The monoisotopic (exact) mass is 297 g/mol. The molecule has 1 aliphatic rings. The number of hydrogen-bond acceptors (Lipinski definition) is 2. The highest BCUT2D eigenvalue weighted by molar-refractivity contribution is 5.89. The smallest absolute Gasteiger partial charge is 0.321 e. The van der Waals surface area contributed by atoms with Gasteiger partial charge in [-0.1, -0.05) is 0 Å². The van der Waals surface area contributed by atoms with E-state index in [-0.39, 0.29) is 11.7 Å². The first-order valence-corrected chi connectivity index (χ1v) is 7.15. The van der Waals surface area contributed by atoms with Crippen LogP contribution in [0.1, 0.15) is 19.3 Å². The number of hydrogen-bond donors (Lipinski definition) is 1. The predicted octanol–water partition coefficient (Wildman–Crippen LogP) is 2.91. The Labute approximate surface area is 123 Å². The number of urea groups is 1. The SMILES string of the molecule is CN(C)[C@@H]1CCCN(C(=O)Nc2ccc(F)cc2F)CC1. The maximum Gasteiger partial charge on any atom is 0.321 e. The first-order chi connectivity index (χ1) is 9.97. The van der Waals surface area contributed by atoms with Crippen LogP contribution < -0.4 is 5.32 Å². The number of carbonyl (C=O) groups is 1. The van der Waals surface area contributed by atoms with Gasteiger partial charge in [0.2, 0.25) is 0 Å². The van der Waals surface area contributed by atoms with Crippen molar-refractivity contribution in [2.45, 2.75) is 25.3 Å². The molecule has 1 aromatic carbocycles. The van der Waals surface area contributed by atoms with Crippen LogP contribution in [-0.4, -0.2) is 49.1 Å². The van der Waals surface area contributed by atoms with Crippen molar-refractivity contribution in [2.24, 2.45) is 0 Å². The van der Waals surface area contributed by atoms with E-state index in [1.807, 2.05) is 14.1 Å². The molecule has 2 amide bonds. The summed E-state index contributed by atoms with van der Waals surface area (Å²) in [6.45, 7) is 1.29. The maximum atomic E-state index is 13.5. The van der Waals surface area contributed by atoms with Crippen LogP contribution in [-0.2, 0) is 0 Å². The molecule has 1 N–H and O–H groups in total. The summed E-state index contributed by atoms with van der Waals surface area (Å²) in [6, 6.07) is 3.26. The van der Waals surface area contributed by atoms with Gasteiger partial charge in [-0.05, 0) is 45.5 Å². The third-order valence-corrected chi connectivity index (χ3v) is 3.89. The van der Waals surface area contributed by atoms with E-state index in [9.17, 15) is 13.6 Å². The lowest BCUT2D eigenvalue weighted by atomic mass is 10.1. The molecule has 0 radical (unpaired) electrons. The van der Waals surface area contributed by atoms with Crippen LogP contribution in [0.15, 0.2) is 18.2 Å². The van der Waals surface area contributed by atoms with Gasteiger partial charge in [0, 0.05) is 25.2 Å². The van der Waals surface area contributed by atoms with E-state index >= 15 is 0 Å². The molecule has 116 valence electrons. The summed E-state index contributed by atoms with van der Waals surface area (Å²) < 4.78 is 26.4. The van der Waals surface area contributed by atoms with Crippen molar-refractivity contribution in [2.75, 3.05) is 32.5 Å². The van der Waals surface area contributed by atoms with Gasteiger partial charge in [0.05, 0.1) is 5.69 Å². The first kappa shape index (κ1) is 15.7. The average molecular weight is 297 g/mol. The Balaban J connectivity index is 1.97. The minimum Gasteiger partial charge on any atom is -0.324 e. The molecule has 0 aromatic heterocycles. The maximum absolute atomic E-state index is 13.5. The number of nitrogens with one attached hydrogen (secondary N) is 1. The normalized spacial score (nSPS) is 19.5. The van der Waals surface area contributed by atoms with Gasteiger partial charge in [0.25, 0.3) is 0 Å². The van der Waals surface area contributed by atoms with Crippen molar-refractivity contribution in [3.63, 3.8) is 0 Å². The van der Waals surface area contributed by atoms with Crippen molar-refractivity contribution in [3.8, 4) is 0 Å². The molecule has 21 heavy (non-hydrogen) atoms. The third-order valence-electron chi connectivity index (χ3n) is 3.89. The summed E-state index contributed by atoms with van der Waals surface area (Å²) in [5, 5.41) is 2.51. The van der Waals surface area contributed by atoms with Gasteiger partial charge in [-0.3, -0.25) is 0 Å². The van der Waals surface area contributed by atoms with E-state index < -0.39 is 11.6 Å². The largest absolute Gasteiger partial charge is 0.324 e. The molecule has 0 saturated carbocycles. The molecule has 2 rings (SSSR count). The predicted molar refractivity (Wildman–Crippen MR) is 78.3 cm³/mol. The molecule has 0 unspecified atom stereocenters. The number of nitrogens with zero attached hydrogens (tertiary/aromatic N) is 2. The van der Waals surface area contributed by atoms with E-state index in [2.05, 4.69) is 10.2 Å². The number of carbonyl (C=O) groups excluding carboxylic acids is 1. The van der Waals surface area contributed by atoms with Crippen LogP contribution >= 0.6 is 0 Å². The number of likely N-dealkylation sites (tertiary alicyclic amines) is 1. The highest BCUT2D eigenvalue weighted by atomic mass is 19.1. The second-order valence-corrected chi connectivity index (χ2v) is 5.59. The quantitative estimate of drug-likeness (QED) is 0.911. The van der Waals surface area contributed by atoms with E-state index in [0.29, 0.717) is 19.1 Å². The zero-order valence-electron chi connectivity index (χ0n) is 12.4. The Hall–Kier alpha value is -1.69. The number of halogens is 2. The van der Waals surface area contributed by atoms with Gasteiger partial charge in [-0.25, -0.2) is 13.6 Å². The standard InChI is InChI=1S/C15H21F2N3O/c1-19(2)12-4-3-8-20(9-7-12)15(21)18-14-6-5-11(16)10-13(14)17/h5-6,10,12H,3-4,7-9H2,1-2H3,(H,18,21)/t12-/m1/s1. The molecule has 0 aliphatic carbocycles. The van der Waals surface area contributed by atoms with Gasteiger partial charge in [-0.15, -0.1) is 0 Å². The molecule has 1 aliphatic heterocycles. The van der Waals surface area contributed by atoms with Crippen LogP contribution in [0.3, 0.4) is 0 Å². The Morgan fingerprint density at radius 3 is 2.71 bits per heavy atom. The highest BCUT2D eigenvalue weighted by Crippen LogP contribution is 2.18. The Morgan fingerprint density at radius 2 is 2.05 bits per heavy atom. The zero-order chi connectivity index (χ0) is 15.4. The molecule has 0 bridgehead atoms. The fourth-order valence-electron chi connectivity index (χ4n) is 2.58. The molecule has 0 spiro atoms. The second kappa shape index (κ2) is 6.85. The second-order valence-electron chi connectivity index (χ2n) is 5.59. The van der Waals surface area contributed by atoms with Crippen LogP contribution in [0.5, 0.6) is 0 Å². The molecular formula is C15H21F2N3O. The molecule has 1 aromatic rings. The number of amides is 2. The van der Waals surface area contributed by atoms with Gasteiger partial charge in [0.15, 0.2) is 0 Å². The van der Waals surface area contributed by atoms with E-state index in [4.69, 9.17) is 0 Å². The van der Waals surface area contributed by atoms with Crippen LogP contribution in [0.2, 0.25) is 0 Å². The van der Waals surface area contributed by atoms with Crippen LogP contribution in [0.4, 0.5) is 19.3 Å². The lowest BCUT2D eigenvalue weighted by Gasteiger charge is -2.23. The topological polar surface area (TPSA) is 35.6 Å². The molecule has 1 saturated heterocycles. The molecule has 1 heterocycles. The fourth-order valence-corrected chi connectivity index (χ4v) is 2.58. The Bertz CT molecular complexity index is 508. The zero-order valence-corrected chi connectivity index (χ0v) is 12.4. The average Bonchev–Trinajstić information content (AvgIpc) is 2.67. The Morgan fingerprint density at radius 1 is 1.29 bits per heavy atom. The molecule has 6 heteroatoms. The number of benzene rings is 1. The summed E-state index contributed by atoms with van der Waals surface area (Å²) in [6.07, 6.45) is 2.86. The fraction of sp³-hybridized carbons (Fsp3) is 0.533. The molecule has 1 atom stereocenters. The van der Waals surface area contributed by atoms with Gasteiger partial charge < -0.3 is 15.1 Å². The summed E-state index contributed by atoms with van der Waals surface area (Å²) in [4.78, 5) is 16.0. The third kappa shape index (κ3) is 4.14. The van der Waals surface area contributed by atoms with E-state index in [1.165, 1.54) is 6.07 Å². The minimum atomic E-state index is -0.760. The van der Waals surface area contributed by atoms with Crippen molar-refractivity contribution in [1.29, 1.82) is 0 Å². The Kier molecular flexibility index (Phi) is 5.12. The molecule has 1 fully saturated rings. The summed E-state index contributed by atoms with van der Waals surface area (Å²) in [7, 11) is 4.07. The van der Waals surface area contributed by atoms with Crippen molar-refractivity contribution in [1.82, 2.24) is 9.80 Å². The van der Waals surface area contributed by atoms with Crippen molar-refractivity contribution >= 4 is 11.7 Å². The summed E-state index contributed by atoms with van der Waals surface area (Å²) >= 11 is 0. The molecule has 4 nitrogen and oxygen atoms in total. The first-order valence-electron chi connectivity index (χ1n) is 7.15. The lowest BCUT2D eigenvalue weighted by molar-refractivity contribution is 0.210. The van der Waals surface area contributed by atoms with Crippen molar-refractivity contribution in [3.05, 3.63) is 29.8 Å². The van der Waals surface area contributed by atoms with Crippen LogP contribution in [0.25, 0.3) is 0 Å². The number of anilines is 1. The van der Waals surface area contributed by atoms with Gasteiger partial charge in [-0.2, -0.15) is 0 Å². The van der Waals surface area contributed by atoms with E-state index in [0.717, 1.165) is 31.4 Å². The minimum absolute atomic E-state index is 0.00908. The summed E-state index contributed by atoms with van der Waals surface area (Å²) in [5.41, 5.74) is 0.00908. The highest BCUT2D eigenvalue weighted by Gasteiger charge is 2.22. The lowest BCUT2D eigenvalue weighted by Crippen LogP contribution is -2.37. The van der Waals surface area contributed by atoms with Gasteiger partial charge in [0.1, 0.15) is 11.6 Å². The van der Waals surface area contributed by atoms with E-state index in [1.54, 1.807) is 4.90 Å². The number of rotatable bonds is 2.